The molecule has 2 heterocycles. The van der Waals surface area contributed by atoms with Crippen LogP contribution in [0.4, 0.5) is 5.69 Å². The summed E-state index contributed by atoms with van der Waals surface area (Å²) in [5, 5.41) is 16.5. The Labute approximate surface area is 188 Å². The molecule has 0 radical (unpaired) electrons. The van der Waals surface area contributed by atoms with E-state index in [0.717, 1.165) is 11.1 Å². The number of anilines is 1. The van der Waals surface area contributed by atoms with E-state index < -0.39 is 0 Å². The van der Waals surface area contributed by atoms with Crippen LogP contribution in [0, 0.1) is 6.92 Å². The number of rotatable bonds is 7. The van der Waals surface area contributed by atoms with Crippen LogP contribution in [0.1, 0.15) is 12.5 Å². The number of carbonyl (C=O) groups excluding carboxylic acids is 1. The van der Waals surface area contributed by atoms with Gasteiger partial charge in [0.15, 0.2) is 5.16 Å². The number of aromatic nitrogens is 5. The molecule has 0 bridgehead atoms. The molecular formula is C21H19ClN6O2S. The van der Waals surface area contributed by atoms with Gasteiger partial charge >= 0.3 is 0 Å². The molecule has 4 aromatic rings. The first-order chi connectivity index (χ1) is 15.0. The average molecular weight is 455 g/mol. The summed E-state index contributed by atoms with van der Waals surface area (Å²) >= 11 is 7.30. The van der Waals surface area contributed by atoms with Crippen molar-refractivity contribution in [2.24, 2.45) is 0 Å². The topological polar surface area (TPSA) is 98.7 Å². The Balaban J connectivity index is 1.47. The fourth-order valence-electron chi connectivity index (χ4n) is 2.90. The first-order valence-electron chi connectivity index (χ1n) is 9.56. The van der Waals surface area contributed by atoms with E-state index in [1.165, 1.54) is 11.8 Å². The predicted octanol–water partition coefficient (Wildman–Crippen LogP) is 4.71. The number of amides is 1. The van der Waals surface area contributed by atoms with E-state index in [1.807, 2.05) is 54.8 Å². The van der Waals surface area contributed by atoms with Crippen molar-refractivity contribution in [3.05, 3.63) is 59.1 Å². The van der Waals surface area contributed by atoms with Gasteiger partial charge in [-0.1, -0.05) is 64.9 Å². The third-order valence-corrected chi connectivity index (χ3v) is 5.69. The van der Waals surface area contributed by atoms with E-state index in [2.05, 4.69) is 25.7 Å². The number of nitrogens with zero attached hydrogens (tertiary/aromatic N) is 5. The Morgan fingerprint density at radius 1 is 1.19 bits per heavy atom. The average Bonchev–Trinajstić information content (AvgIpc) is 3.42. The molecule has 4 rings (SSSR count). The second kappa shape index (κ2) is 9.32. The molecule has 0 aliphatic carbocycles. The van der Waals surface area contributed by atoms with Gasteiger partial charge in [-0.25, -0.2) is 0 Å². The minimum atomic E-state index is -0.160. The lowest BCUT2D eigenvalue weighted by Gasteiger charge is -2.09. The molecule has 0 fully saturated rings. The lowest BCUT2D eigenvalue weighted by molar-refractivity contribution is -0.113. The SMILES string of the molecule is CCn1c(SCC(=O)Nc2cc(Cl)ccc2C)nnc1-c1nc(-c2ccccc2)no1. The molecule has 2 aromatic heterocycles. The number of hydrogen-bond donors (Lipinski definition) is 1. The Bertz CT molecular complexity index is 1210. The van der Waals surface area contributed by atoms with Gasteiger partial charge in [-0.2, -0.15) is 4.98 Å². The molecule has 0 saturated heterocycles. The van der Waals surface area contributed by atoms with Crippen LogP contribution in [-0.4, -0.2) is 36.6 Å². The normalized spacial score (nSPS) is 10.9. The second-order valence-electron chi connectivity index (χ2n) is 6.64. The molecule has 8 nitrogen and oxygen atoms in total. The highest BCUT2D eigenvalue weighted by Gasteiger charge is 2.20. The summed E-state index contributed by atoms with van der Waals surface area (Å²) in [6.45, 7) is 4.46. The van der Waals surface area contributed by atoms with Gasteiger partial charge in [-0.3, -0.25) is 9.36 Å². The zero-order valence-electron chi connectivity index (χ0n) is 16.9. The summed E-state index contributed by atoms with van der Waals surface area (Å²) in [7, 11) is 0. The molecule has 0 saturated carbocycles. The van der Waals surface area contributed by atoms with Crippen molar-refractivity contribution in [1.82, 2.24) is 24.9 Å². The molecule has 1 N–H and O–H groups in total. The standard InChI is InChI=1S/C21H19ClN6O2S/c1-3-28-19(20-24-18(27-30-20)14-7-5-4-6-8-14)25-26-21(28)31-12-17(29)23-16-11-15(22)10-9-13(16)2/h4-11H,3,12H2,1-2H3,(H,23,29). The summed E-state index contributed by atoms with van der Waals surface area (Å²) < 4.78 is 7.24. The van der Waals surface area contributed by atoms with Crippen LogP contribution in [0.15, 0.2) is 58.2 Å². The minimum Gasteiger partial charge on any atom is -0.330 e. The monoisotopic (exact) mass is 454 g/mol. The number of thioether (sulfide) groups is 1. The molecule has 0 aliphatic rings. The van der Waals surface area contributed by atoms with Crippen molar-refractivity contribution in [2.45, 2.75) is 25.5 Å². The molecular weight excluding hydrogens is 436 g/mol. The number of carbonyl (C=O) groups is 1. The first kappa shape index (κ1) is 21.1. The Morgan fingerprint density at radius 2 is 2.00 bits per heavy atom. The number of hydrogen-bond acceptors (Lipinski definition) is 7. The van der Waals surface area contributed by atoms with Gasteiger partial charge in [0.2, 0.25) is 17.6 Å². The van der Waals surface area contributed by atoms with Crippen LogP contribution in [0.3, 0.4) is 0 Å². The van der Waals surface area contributed by atoms with E-state index >= 15 is 0 Å². The highest BCUT2D eigenvalue weighted by atomic mass is 35.5. The van der Waals surface area contributed by atoms with Crippen molar-refractivity contribution in [3.8, 4) is 23.1 Å². The van der Waals surface area contributed by atoms with Gasteiger partial charge in [0.1, 0.15) is 0 Å². The molecule has 0 atom stereocenters. The van der Waals surface area contributed by atoms with Crippen molar-refractivity contribution >= 4 is 35.0 Å². The third kappa shape index (κ3) is 4.78. The maximum atomic E-state index is 12.4. The number of benzene rings is 2. The maximum absolute atomic E-state index is 12.4. The van der Waals surface area contributed by atoms with Gasteiger partial charge in [-0.05, 0) is 31.5 Å². The summed E-state index contributed by atoms with van der Waals surface area (Å²) in [5.41, 5.74) is 2.48. The van der Waals surface area contributed by atoms with E-state index in [4.69, 9.17) is 16.1 Å². The summed E-state index contributed by atoms with van der Waals surface area (Å²) in [6, 6.07) is 14.9. The lowest BCUT2D eigenvalue weighted by atomic mass is 10.2. The summed E-state index contributed by atoms with van der Waals surface area (Å²) in [6.07, 6.45) is 0. The van der Waals surface area contributed by atoms with Gasteiger partial charge in [0.25, 0.3) is 5.89 Å². The van der Waals surface area contributed by atoms with E-state index in [0.29, 0.717) is 34.1 Å². The first-order valence-corrected chi connectivity index (χ1v) is 10.9. The summed E-state index contributed by atoms with van der Waals surface area (Å²) in [5.74, 6) is 1.23. The van der Waals surface area contributed by atoms with E-state index in [-0.39, 0.29) is 17.6 Å². The van der Waals surface area contributed by atoms with Crippen molar-refractivity contribution in [2.75, 3.05) is 11.1 Å². The third-order valence-electron chi connectivity index (χ3n) is 4.49. The quantitative estimate of drug-likeness (QED) is 0.404. The van der Waals surface area contributed by atoms with Crippen LogP contribution < -0.4 is 5.32 Å². The van der Waals surface area contributed by atoms with Gasteiger partial charge in [-0.15, -0.1) is 10.2 Å². The molecule has 31 heavy (non-hydrogen) atoms. The van der Waals surface area contributed by atoms with E-state index in [1.54, 1.807) is 12.1 Å². The number of nitrogens with one attached hydrogen (secondary N) is 1. The predicted molar refractivity (Wildman–Crippen MR) is 120 cm³/mol. The van der Waals surface area contributed by atoms with Crippen LogP contribution in [-0.2, 0) is 11.3 Å². The number of aryl methyl sites for hydroxylation is 1. The van der Waals surface area contributed by atoms with Crippen molar-refractivity contribution in [1.29, 1.82) is 0 Å². The Hall–Kier alpha value is -3.17. The fourth-order valence-corrected chi connectivity index (χ4v) is 3.88. The lowest BCUT2D eigenvalue weighted by Crippen LogP contribution is -2.15. The molecule has 0 aliphatic heterocycles. The van der Waals surface area contributed by atoms with Crippen LogP contribution in [0.2, 0.25) is 5.02 Å². The van der Waals surface area contributed by atoms with Gasteiger partial charge in [0.05, 0.1) is 5.75 Å². The smallest absolute Gasteiger partial charge is 0.296 e. The van der Waals surface area contributed by atoms with E-state index in [9.17, 15) is 4.79 Å². The molecule has 158 valence electrons. The zero-order chi connectivity index (χ0) is 21.8. The molecule has 1 amide bonds. The largest absolute Gasteiger partial charge is 0.330 e. The van der Waals surface area contributed by atoms with Crippen LogP contribution in [0.25, 0.3) is 23.1 Å². The minimum absolute atomic E-state index is 0.160. The maximum Gasteiger partial charge on any atom is 0.296 e. The highest BCUT2D eigenvalue weighted by molar-refractivity contribution is 7.99. The second-order valence-corrected chi connectivity index (χ2v) is 8.01. The van der Waals surface area contributed by atoms with Crippen molar-refractivity contribution < 1.29 is 9.32 Å². The van der Waals surface area contributed by atoms with Crippen molar-refractivity contribution in [3.63, 3.8) is 0 Å². The Kier molecular flexibility index (Phi) is 6.34. The molecule has 2 aromatic carbocycles. The number of halogens is 1. The van der Waals surface area contributed by atoms with Gasteiger partial charge < -0.3 is 9.84 Å². The molecule has 0 spiro atoms. The molecule has 10 heteroatoms. The fraction of sp³-hybridized carbons (Fsp3) is 0.190. The molecule has 0 unspecified atom stereocenters. The van der Waals surface area contributed by atoms with Crippen LogP contribution in [0.5, 0.6) is 0 Å². The van der Waals surface area contributed by atoms with Gasteiger partial charge in [0, 0.05) is 22.8 Å². The highest BCUT2D eigenvalue weighted by Crippen LogP contribution is 2.26. The summed E-state index contributed by atoms with van der Waals surface area (Å²) in [4.78, 5) is 16.9. The Morgan fingerprint density at radius 3 is 2.77 bits per heavy atom. The zero-order valence-corrected chi connectivity index (χ0v) is 18.4. The van der Waals surface area contributed by atoms with Crippen LogP contribution >= 0.6 is 23.4 Å².